The lowest BCUT2D eigenvalue weighted by molar-refractivity contribution is -0.0228. The molecule has 1 saturated heterocycles. The van der Waals surface area contributed by atoms with Gasteiger partial charge in [-0.25, -0.2) is 0 Å². The van der Waals surface area contributed by atoms with Gasteiger partial charge in [0.05, 0.1) is 13.2 Å². The van der Waals surface area contributed by atoms with Gasteiger partial charge in [0.25, 0.3) is 5.91 Å². The number of fused-ring (bicyclic) bond motifs is 1. The third-order valence-electron chi connectivity index (χ3n) is 4.40. The molecule has 1 aliphatic rings. The molecule has 1 aliphatic heterocycles. The van der Waals surface area contributed by atoms with Crippen molar-refractivity contribution < 1.29 is 9.53 Å². The number of hydrogen-bond acceptors (Lipinski definition) is 2. The molecule has 0 spiro atoms. The molecule has 2 aromatic carbocycles. The lowest BCUT2D eigenvalue weighted by Gasteiger charge is -2.33. The Labute approximate surface area is 145 Å². The van der Waals surface area contributed by atoms with Crippen LogP contribution in [0.3, 0.4) is 0 Å². The molecule has 1 atom stereocenters. The second-order valence-electron chi connectivity index (χ2n) is 5.94. The molecule has 1 aromatic heterocycles. The van der Waals surface area contributed by atoms with E-state index in [0.717, 1.165) is 16.5 Å². The summed E-state index contributed by atoms with van der Waals surface area (Å²) in [5.41, 5.74) is 2.71. The summed E-state index contributed by atoms with van der Waals surface area (Å²) in [6.45, 7) is 1.68. The second-order valence-corrected chi connectivity index (χ2v) is 6.38. The highest BCUT2D eigenvalue weighted by atomic mass is 35.5. The van der Waals surface area contributed by atoms with Gasteiger partial charge >= 0.3 is 0 Å². The molecular weight excluding hydrogens is 324 g/mol. The van der Waals surface area contributed by atoms with Gasteiger partial charge in [-0.2, -0.15) is 0 Å². The SMILES string of the molecule is O=C(c1ccc2cc[nH]c2c1)N1CCOC(c2ccc(Cl)cc2)C1. The zero-order valence-corrected chi connectivity index (χ0v) is 13.8. The molecule has 0 saturated carbocycles. The molecule has 0 bridgehead atoms. The predicted octanol–water partition coefficient (Wildman–Crippen LogP) is 4.04. The summed E-state index contributed by atoms with van der Waals surface area (Å²) in [6.07, 6.45) is 1.76. The first kappa shape index (κ1) is 15.2. The number of carbonyl (C=O) groups is 1. The number of morpholine rings is 1. The number of ether oxygens (including phenoxy) is 1. The molecule has 1 unspecified atom stereocenters. The molecule has 1 amide bonds. The van der Waals surface area contributed by atoms with Gasteiger partial charge in [-0.05, 0) is 41.3 Å². The van der Waals surface area contributed by atoms with Crippen LogP contribution in [-0.4, -0.2) is 35.5 Å². The normalized spacial score (nSPS) is 18.0. The van der Waals surface area contributed by atoms with E-state index in [2.05, 4.69) is 4.98 Å². The summed E-state index contributed by atoms with van der Waals surface area (Å²) in [7, 11) is 0. The van der Waals surface area contributed by atoms with Crippen LogP contribution in [0, 0.1) is 0 Å². The fraction of sp³-hybridized carbons (Fsp3) is 0.211. The average Bonchev–Trinajstić information content (AvgIpc) is 3.09. The van der Waals surface area contributed by atoms with Crippen molar-refractivity contribution in [3.63, 3.8) is 0 Å². The van der Waals surface area contributed by atoms with Gasteiger partial charge in [0.1, 0.15) is 6.10 Å². The Bertz CT molecular complexity index is 872. The molecule has 0 aliphatic carbocycles. The highest BCUT2D eigenvalue weighted by Crippen LogP contribution is 2.25. The van der Waals surface area contributed by atoms with Crippen molar-refractivity contribution in [1.29, 1.82) is 0 Å². The van der Waals surface area contributed by atoms with Crippen molar-refractivity contribution in [1.82, 2.24) is 9.88 Å². The van der Waals surface area contributed by atoms with Gasteiger partial charge in [0.2, 0.25) is 0 Å². The monoisotopic (exact) mass is 340 g/mol. The highest BCUT2D eigenvalue weighted by Gasteiger charge is 2.26. The number of nitrogens with zero attached hydrogens (tertiary/aromatic N) is 1. The van der Waals surface area contributed by atoms with E-state index in [4.69, 9.17) is 16.3 Å². The molecular formula is C19H17ClN2O2. The third kappa shape index (κ3) is 2.90. The van der Waals surface area contributed by atoms with E-state index in [-0.39, 0.29) is 12.0 Å². The number of aromatic nitrogens is 1. The molecule has 5 heteroatoms. The number of halogens is 1. The summed E-state index contributed by atoms with van der Waals surface area (Å²) in [5.74, 6) is 0.0359. The van der Waals surface area contributed by atoms with Crippen LogP contribution in [0.1, 0.15) is 22.0 Å². The lowest BCUT2D eigenvalue weighted by atomic mass is 10.1. The molecule has 2 heterocycles. The van der Waals surface area contributed by atoms with E-state index < -0.39 is 0 Å². The largest absolute Gasteiger partial charge is 0.370 e. The van der Waals surface area contributed by atoms with Gasteiger partial charge in [-0.15, -0.1) is 0 Å². The zero-order chi connectivity index (χ0) is 16.5. The Morgan fingerprint density at radius 1 is 1.17 bits per heavy atom. The summed E-state index contributed by atoms with van der Waals surface area (Å²) in [5, 5.41) is 1.80. The van der Waals surface area contributed by atoms with Crippen LogP contribution in [0.4, 0.5) is 0 Å². The standard InChI is InChI=1S/C19H17ClN2O2/c20-16-5-3-14(4-6-16)18-12-22(9-10-24-18)19(23)15-2-1-13-7-8-21-17(13)11-15/h1-8,11,18,21H,9-10,12H2. The van der Waals surface area contributed by atoms with Crippen LogP contribution in [-0.2, 0) is 4.74 Å². The highest BCUT2D eigenvalue weighted by molar-refractivity contribution is 6.30. The lowest BCUT2D eigenvalue weighted by Crippen LogP contribution is -2.42. The summed E-state index contributed by atoms with van der Waals surface area (Å²) >= 11 is 5.94. The predicted molar refractivity (Wildman–Crippen MR) is 94.3 cm³/mol. The van der Waals surface area contributed by atoms with Crippen molar-refractivity contribution >= 4 is 28.4 Å². The first-order valence-electron chi connectivity index (χ1n) is 7.94. The van der Waals surface area contributed by atoms with Gasteiger partial charge < -0.3 is 14.6 Å². The van der Waals surface area contributed by atoms with Crippen molar-refractivity contribution in [2.24, 2.45) is 0 Å². The quantitative estimate of drug-likeness (QED) is 0.765. The number of amides is 1. The van der Waals surface area contributed by atoms with Crippen LogP contribution >= 0.6 is 11.6 Å². The Kier molecular flexibility index (Phi) is 4.00. The zero-order valence-electron chi connectivity index (χ0n) is 13.0. The van der Waals surface area contributed by atoms with Crippen molar-refractivity contribution in [2.75, 3.05) is 19.7 Å². The Balaban J connectivity index is 1.54. The molecule has 4 rings (SSSR count). The fourth-order valence-corrected chi connectivity index (χ4v) is 3.20. The van der Waals surface area contributed by atoms with Crippen LogP contribution in [0.5, 0.6) is 0 Å². The molecule has 24 heavy (non-hydrogen) atoms. The van der Waals surface area contributed by atoms with Gasteiger partial charge in [-0.1, -0.05) is 29.8 Å². The van der Waals surface area contributed by atoms with E-state index in [1.807, 2.05) is 59.6 Å². The smallest absolute Gasteiger partial charge is 0.254 e. The maximum Gasteiger partial charge on any atom is 0.254 e. The molecule has 3 aromatic rings. The van der Waals surface area contributed by atoms with Crippen molar-refractivity contribution in [3.8, 4) is 0 Å². The number of carbonyl (C=O) groups excluding carboxylic acids is 1. The number of aromatic amines is 1. The van der Waals surface area contributed by atoms with Crippen molar-refractivity contribution in [3.05, 3.63) is 70.9 Å². The van der Waals surface area contributed by atoms with Crippen LogP contribution in [0.25, 0.3) is 10.9 Å². The van der Waals surface area contributed by atoms with Crippen LogP contribution < -0.4 is 0 Å². The number of hydrogen-bond donors (Lipinski definition) is 1. The molecule has 4 nitrogen and oxygen atoms in total. The third-order valence-corrected chi connectivity index (χ3v) is 4.65. The van der Waals surface area contributed by atoms with Gasteiger partial charge in [-0.3, -0.25) is 4.79 Å². The summed E-state index contributed by atoms with van der Waals surface area (Å²) in [6, 6.07) is 15.3. The van der Waals surface area contributed by atoms with E-state index in [1.54, 1.807) is 0 Å². The topological polar surface area (TPSA) is 45.3 Å². The molecule has 0 radical (unpaired) electrons. The van der Waals surface area contributed by atoms with Crippen LogP contribution in [0.2, 0.25) is 5.02 Å². The summed E-state index contributed by atoms with van der Waals surface area (Å²) in [4.78, 5) is 17.8. The molecule has 1 fully saturated rings. The van der Waals surface area contributed by atoms with Crippen molar-refractivity contribution in [2.45, 2.75) is 6.10 Å². The summed E-state index contributed by atoms with van der Waals surface area (Å²) < 4.78 is 5.83. The van der Waals surface area contributed by atoms with Gasteiger partial charge in [0, 0.05) is 28.8 Å². The second kappa shape index (κ2) is 6.30. The first-order valence-corrected chi connectivity index (χ1v) is 8.32. The number of rotatable bonds is 2. The Morgan fingerprint density at radius 2 is 2.00 bits per heavy atom. The Hall–Kier alpha value is -2.30. The molecule has 122 valence electrons. The minimum Gasteiger partial charge on any atom is -0.370 e. The van der Waals surface area contributed by atoms with Crippen LogP contribution in [0.15, 0.2) is 54.7 Å². The minimum atomic E-state index is -0.116. The average molecular weight is 341 g/mol. The van der Waals surface area contributed by atoms with E-state index in [0.29, 0.717) is 30.3 Å². The minimum absolute atomic E-state index is 0.0359. The first-order chi connectivity index (χ1) is 11.7. The molecule has 1 N–H and O–H groups in total. The van der Waals surface area contributed by atoms with E-state index >= 15 is 0 Å². The Morgan fingerprint density at radius 3 is 2.83 bits per heavy atom. The van der Waals surface area contributed by atoms with E-state index in [1.165, 1.54) is 0 Å². The maximum absolute atomic E-state index is 12.8. The van der Waals surface area contributed by atoms with Gasteiger partial charge in [0.15, 0.2) is 0 Å². The fourth-order valence-electron chi connectivity index (χ4n) is 3.08. The number of nitrogens with one attached hydrogen (secondary N) is 1. The van der Waals surface area contributed by atoms with E-state index in [9.17, 15) is 4.79 Å². The maximum atomic E-state index is 12.8. The number of benzene rings is 2. The number of H-pyrrole nitrogens is 1.